The fourth-order valence-corrected chi connectivity index (χ4v) is 2.92. The molecule has 7 heteroatoms. The number of carbonyl (C=O) groups is 3. The third-order valence-electron chi connectivity index (χ3n) is 4.61. The van der Waals surface area contributed by atoms with Crippen molar-refractivity contribution in [3.63, 3.8) is 0 Å². The Morgan fingerprint density at radius 2 is 1.87 bits per heavy atom. The van der Waals surface area contributed by atoms with E-state index in [1.54, 1.807) is 47.4 Å². The molecule has 0 bridgehead atoms. The number of rotatable bonds is 7. The number of para-hydroxylation sites is 1. The molecule has 0 unspecified atom stereocenters. The summed E-state index contributed by atoms with van der Waals surface area (Å²) in [5.74, 6) is -1.24. The van der Waals surface area contributed by atoms with Gasteiger partial charge in [0.25, 0.3) is 0 Å². The predicted octanol–water partition coefficient (Wildman–Crippen LogP) is 3.81. The number of nitrogens with zero attached hydrogens (tertiary/aromatic N) is 1. The normalized spacial score (nSPS) is 14.2. The molecule has 0 aliphatic carbocycles. The number of benzene rings is 2. The molecule has 30 heavy (non-hydrogen) atoms. The highest BCUT2D eigenvalue weighted by atomic mass is 16.5. The second-order valence-corrected chi connectivity index (χ2v) is 7.04. The van der Waals surface area contributed by atoms with Gasteiger partial charge in [-0.05, 0) is 42.8 Å². The van der Waals surface area contributed by atoms with Gasteiger partial charge < -0.3 is 19.7 Å². The summed E-state index contributed by atoms with van der Waals surface area (Å²) < 4.78 is 10.6. The van der Waals surface area contributed by atoms with Crippen LogP contribution in [0.2, 0.25) is 0 Å². The molecule has 1 aliphatic rings. The Bertz CT molecular complexity index is 993. The van der Waals surface area contributed by atoms with Crippen LogP contribution >= 0.6 is 0 Å². The Balaban J connectivity index is 1.73. The van der Waals surface area contributed by atoms with E-state index in [0.29, 0.717) is 29.1 Å². The van der Waals surface area contributed by atoms with E-state index in [1.165, 1.54) is 6.20 Å². The van der Waals surface area contributed by atoms with Gasteiger partial charge in [0.15, 0.2) is 5.75 Å². The summed E-state index contributed by atoms with van der Waals surface area (Å²) >= 11 is 0. The summed E-state index contributed by atoms with van der Waals surface area (Å²) in [7, 11) is 3.62. The Morgan fingerprint density at radius 3 is 2.53 bits per heavy atom. The molecule has 0 amide bonds. The van der Waals surface area contributed by atoms with Gasteiger partial charge >= 0.3 is 11.9 Å². The van der Waals surface area contributed by atoms with Crippen molar-refractivity contribution in [2.75, 3.05) is 30.9 Å². The third-order valence-corrected chi connectivity index (χ3v) is 4.61. The standard InChI is InChI=1S/C23H24N2O5/c1-4-5-13-29-22(27)15-9-11-16(12-10-15)24-14-18-20(26)17-7-6-8-19(25(2)3)21(17)30-23(18)28/h6-12,14,24H,4-5,13H2,1-3H3. The molecule has 0 saturated heterocycles. The number of hydrogen-bond donors (Lipinski definition) is 1. The van der Waals surface area contributed by atoms with Crippen LogP contribution in [0.25, 0.3) is 0 Å². The minimum absolute atomic E-state index is 0.0959. The molecule has 3 rings (SSSR count). The van der Waals surface area contributed by atoms with Crippen molar-refractivity contribution < 1.29 is 23.9 Å². The van der Waals surface area contributed by atoms with Crippen LogP contribution in [0.15, 0.2) is 54.2 Å². The van der Waals surface area contributed by atoms with Gasteiger partial charge in [-0.15, -0.1) is 0 Å². The minimum Gasteiger partial charge on any atom is -0.462 e. The van der Waals surface area contributed by atoms with Crippen LogP contribution in [0.3, 0.4) is 0 Å². The molecule has 0 aromatic heterocycles. The zero-order valence-corrected chi connectivity index (χ0v) is 17.2. The first-order chi connectivity index (χ1) is 14.4. The molecule has 0 atom stereocenters. The smallest absolute Gasteiger partial charge is 0.349 e. The first kappa shape index (κ1) is 21.1. The zero-order chi connectivity index (χ0) is 21.7. The Morgan fingerprint density at radius 1 is 1.13 bits per heavy atom. The van der Waals surface area contributed by atoms with Crippen LogP contribution < -0.4 is 15.0 Å². The minimum atomic E-state index is -0.717. The lowest BCUT2D eigenvalue weighted by atomic mass is 9.99. The summed E-state index contributed by atoms with van der Waals surface area (Å²) in [5.41, 5.74) is 1.94. The molecule has 0 saturated carbocycles. The maximum absolute atomic E-state index is 12.8. The van der Waals surface area contributed by atoms with Gasteiger partial charge in [-0.2, -0.15) is 0 Å². The van der Waals surface area contributed by atoms with E-state index in [0.717, 1.165) is 12.8 Å². The van der Waals surface area contributed by atoms with Crippen molar-refractivity contribution in [3.05, 3.63) is 65.4 Å². The Kier molecular flexibility index (Phi) is 6.51. The van der Waals surface area contributed by atoms with Crippen molar-refractivity contribution in [1.29, 1.82) is 0 Å². The molecule has 0 spiro atoms. The molecule has 7 nitrogen and oxygen atoms in total. The largest absolute Gasteiger partial charge is 0.462 e. The number of ether oxygens (including phenoxy) is 2. The summed E-state index contributed by atoms with van der Waals surface area (Å²) in [4.78, 5) is 38.9. The molecule has 2 aromatic carbocycles. The monoisotopic (exact) mass is 408 g/mol. The van der Waals surface area contributed by atoms with E-state index in [2.05, 4.69) is 5.32 Å². The highest BCUT2D eigenvalue weighted by Crippen LogP contribution is 2.36. The first-order valence-corrected chi connectivity index (χ1v) is 9.73. The second kappa shape index (κ2) is 9.26. The fraction of sp³-hybridized carbons (Fsp3) is 0.261. The molecule has 156 valence electrons. The predicted molar refractivity (Wildman–Crippen MR) is 114 cm³/mol. The average Bonchev–Trinajstić information content (AvgIpc) is 2.73. The van der Waals surface area contributed by atoms with Gasteiger partial charge in [0, 0.05) is 26.0 Å². The third kappa shape index (κ3) is 4.51. The number of fused-ring (bicyclic) bond motifs is 1. The lowest BCUT2D eigenvalue weighted by Crippen LogP contribution is -2.27. The van der Waals surface area contributed by atoms with E-state index in [1.807, 2.05) is 21.0 Å². The number of anilines is 2. The van der Waals surface area contributed by atoms with Gasteiger partial charge in [0.1, 0.15) is 5.57 Å². The Labute approximate surface area is 175 Å². The molecular formula is C23H24N2O5. The molecule has 1 N–H and O–H groups in total. The van der Waals surface area contributed by atoms with E-state index in [-0.39, 0.29) is 17.3 Å². The average molecular weight is 408 g/mol. The van der Waals surface area contributed by atoms with Gasteiger partial charge in [-0.1, -0.05) is 19.4 Å². The highest BCUT2D eigenvalue weighted by Gasteiger charge is 2.32. The van der Waals surface area contributed by atoms with Gasteiger partial charge in [0.2, 0.25) is 5.78 Å². The van der Waals surface area contributed by atoms with E-state index < -0.39 is 11.8 Å². The fourth-order valence-electron chi connectivity index (χ4n) is 2.92. The number of hydrogen-bond acceptors (Lipinski definition) is 7. The number of nitrogens with one attached hydrogen (secondary N) is 1. The molecular weight excluding hydrogens is 384 g/mol. The zero-order valence-electron chi connectivity index (χ0n) is 17.2. The molecule has 1 heterocycles. The summed E-state index contributed by atoms with van der Waals surface area (Å²) in [6.45, 7) is 2.41. The number of ketones is 1. The maximum atomic E-state index is 12.8. The number of Topliss-reactive ketones (excluding diaryl/α,β-unsaturated/α-hetero) is 1. The number of esters is 2. The van der Waals surface area contributed by atoms with E-state index in [9.17, 15) is 14.4 Å². The Hall–Kier alpha value is -3.61. The molecule has 0 radical (unpaired) electrons. The van der Waals surface area contributed by atoms with Crippen molar-refractivity contribution in [3.8, 4) is 5.75 Å². The molecule has 1 aliphatic heterocycles. The van der Waals surface area contributed by atoms with Crippen LogP contribution in [0.1, 0.15) is 40.5 Å². The van der Waals surface area contributed by atoms with Gasteiger partial charge in [-0.25, -0.2) is 9.59 Å². The quantitative estimate of drug-likeness (QED) is 0.245. The van der Waals surface area contributed by atoms with E-state index in [4.69, 9.17) is 9.47 Å². The SMILES string of the molecule is CCCCOC(=O)c1ccc(NC=C2C(=O)Oc3c(cccc3N(C)C)C2=O)cc1. The summed E-state index contributed by atoms with van der Waals surface area (Å²) in [5, 5.41) is 2.92. The van der Waals surface area contributed by atoms with Crippen LogP contribution in [-0.4, -0.2) is 38.4 Å². The molecule has 2 aromatic rings. The first-order valence-electron chi connectivity index (χ1n) is 9.73. The van der Waals surface area contributed by atoms with Crippen LogP contribution in [0, 0.1) is 0 Å². The highest BCUT2D eigenvalue weighted by molar-refractivity contribution is 6.28. The van der Waals surface area contributed by atoms with Crippen molar-refractivity contribution >= 4 is 29.1 Å². The van der Waals surface area contributed by atoms with Crippen LogP contribution in [-0.2, 0) is 9.53 Å². The van der Waals surface area contributed by atoms with Crippen molar-refractivity contribution in [2.45, 2.75) is 19.8 Å². The van der Waals surface area contributed by atoms with E-state index >= 15 is 0 Å². The van der Waals surface area contributed by atoms with Crippen molar-refractivity contribution in [2.24, 2.45) is 0 Å². The molecule has 0 fully saturated rings. The van der Waals surface area contributed by atoms with Crippen molar-refractivity contribution in [1.82, 2.24) is 0 Å². The second-order valence-electron chi connectivity index (χ2n) is 7.04. The van der Waals surface area contributed by atoms with Gasteiger partial charge in [0.05, 0.1) is 23.4 Å². The number of carbonyl (C=O) groups excluding carboxylic acids is 3. The summed E-state index contributed by atoms with van der Waals surface area (Å²) in [6.07, 6.45) is 3.10. The topological polar surface area (TPSA) is 84.9 Å². The van der Waals surface area contributed by atoms with Gasteiger partial charge in [-0.3, -0.25) is 4.79 Å². The van der Waals surface area contributed by atoms with Crippen LogP contribution in [0.4, 0.5) is 11.4 Å². The lowest BCUT2D eigenvalue weighted by Gasteiger charge is -2.23. The van der Waals surface area contributed by atoms with Crippen LogP contribution in [0.5, 0.6) is 5.75 Å². The number of unbranched alkanes of at least 4 members (excludes halogenated alkanes) is 1. The summed E-state index contributed by atoms with van der Waals surface area (Å²) in [6, 6.07) is 11.7. The maximum Gasteiger partial charge on any atom is 0.349 e. The lowest BCUT2D eigenvalue weighted by molar-refractivity contribution is -0.130.